The van der Waals surface area contributed by atoms with Gasteiger partial charge in [-0.15, -0.1) is 0 Å². The molecule has 2 fully saturated rings. The van der Waals surface area contributed by atoms with Crippen molar-refractivity contribution in [1.29, 1.82) is 0 Å². The fourth-order valence-electron chi connectivity index (χ4n) is 3.74. The summed E-state index contributed by atoms with van der Waals surface area (Å²) in [5.74, 6) is 0. The number of hydrogen-bond donors (Lipinski definition) is 0. The van der Waals surface area contributed by atoms with Crippen LogP contribution in [0.1, 0.15) is 47.0 Å². The van der Waals surface area contributed by atoms with Crippen molar-refractivity contribution in [2.45, 2.75) is 59.0 Å². The average Bonchev–Trinajstić information content (AvgIpc) is 2.58. The number of rotatable bonds is 2. The molecule has 0 radical (unpaired) electrons. The van der Waals surface area contributed by atoms with Crippen LogP contribution in [0.4, 0.5) is 0 Å². The second-order valence-electron chi connectivity index (χ2n) is 6.05. The summed E-state index contributed by atoms with van der Waals surface area (Å²) in [5, 5.41) is 0. The second-order valence-corrected chi connectivity index (χ2v) is 6.05. The fraction of sp³-hybridized carbons (Fsp3) is 1.00. The third-order valence-corrected chi connectivity index (χ3v) is 5.26. The third-order valence-electron chi connectivity index (χ3n) is 5.26. The molecule has 0 aliphatic carbocycles. The van der Waals surface area contributed by atoms with Crippen LogP contribution in [0.25, 0.3) is 0 Å². The van der Waals surface area contributed by atoms with Gasteiger partial charge in [-0.05, 0) is 71.6 Å². The molecule has 2 saturated heterocycles. The van der Waals surface area contributed by atoms with E-state index in [-0.39, 0.29) is 0 Å². The smallest absolute Gasteiger partial charge is 0.0125 e. The zero-order valence-corrected chi connectivity index (χ0v) is 11.5. The van der Waals surface area contributed by atoms with Gasteiger partial charge >= 0.3 is 0 Å². The molecule has 0 N–H and O–H groups in total. The molecule has 2 aliphatic rings. The van der Waals surface area contributed by atoms with E-state index in [2.05, 4.69) is 37.5 Å². The zero-order chi connectivity index (χ0) is 11.8. The summed E-state index contributed by atoms with van der Waals surface area (Å²) in [5.41, 5.74) is 0.654. The predicted molar refractivity (Wildman–Crippen MR) is 69.7 cm³/mol. The van der Waals surface area contributed by atoms with Crippen LogP contribution in [0.15, 0.2) is 0 Å². The lowest BCUT2D eigenvalue weighted by atomic mass is 9.73. The Kier molecular flexibility index (Phi) is 3.60. The molecule has 0 aromatic heterocycles. The van der Waals surface area contributed by atoms with Gasteiger partial charge in [0, 0.05) is 12.1 Å². The largest absolute Gasteiger partial charge is 0.301 e. The van der Waals surface area contributed by atoms with E-state index < -0.39 is 0 Å². The van der Waals surface area contributed by atoms with E-state index in [9.17, 15) is 0 Å². The van der Waals surface area contributed by atoms with Crippen molar-refractivity contribution in [3.63, 3.8) is 0 Å². The van der Waals surface area contributed by atoms with Gasteiger partial charge in [-0.2, -0.15) is 0 Å². The quantitative estimate of drug-likeness (QED) is 0.711. The molecule has 0 unspecified atom stereocenters. The van der Waals surface area contributed by atoms with Gasteiger partial charge in [0.2, 0.25) is 0 Å². The first-order valence-electron chi connectivity index (χ1n) is 7.07. The minimum absolute atomic E-state index is 0.654. The molecule has 0 aromatic rings. The lowest BCUT2D eigenvalue weighted by Gasteiger charge is -2.44. The van der Waals surface area contributed by atoms with Crippen LogP contribution in [0, 0.1) is 5.41 Å². The van der Waals surface area contributed by atoms with Crippen LogP contribution in [0.5, 0.6) is 0 Å². The lowest BCUT2D eigenvalue weighted by Crippen LogP contribution is -2.47. The van der Waals surface area contributed by atoms with E-state index in [1.54, 1.807) is 0 Å². The highest BCUT2D eigenvalue weighted by molar-refractivity contribution is 4.99. The topological polar surface area (TPSA) is 6.48 Å². The van der Waals surface area contributed by atoms with Gasteiger partial charge in [-0.25, -0.2) is 0 Å². The number of piperidine rings is 1. The number of likely N-dealkylation sites (tertiary alicyclic amines) is 2. The van der Waals surface area contributed by atoms with Gasteiger partial charge in [-0.3, -0.25) is 0 Å². The molecule has 16 heavy (non-hydrogen) atoms. The van der Waals surface area contributed by atoms with Gasteiger partial charge in [0.25, 0.3) is 0 Å². The first-order chi connectivity index (χ1) is 7.59. The van der Waals surface area contributed by atoms with E-state index >= 15 is 0 Å². The molecular formula is C14H28N2. The van der Waals surface area contributed by atoms with Crippen molar-refractivity contribution in [2.75, 3.05) is 26.2 Å². The van der Waals surface area contributed by atoms with E-state index in [0.29, 0.717) is 5.41 Å². The lowest BCUT2D eigenvalue weighted by molar-refractivity contribution is 0.0572. The van der Waals surface area contributed by atoms with Gasteiger partial charge in [-0.1, -0.05) is 6.92 Å². The molecule has 1 spiro atoms. The maximum absolute atomic E-state index is 2.67. The maximum atomic E-state index is 2.67. The van der Waals surface area contributed by atoms with Gasteiger partial charge in [0.1, 0.15) is 0 Å². The summed E-state index contributed by atoms with van der Waals surface area (Å²) in [6.07, 6.45) is 4.28. The third kappa shape index (κ3) is 2.02. The average molecular weight is 224 g/mol. The van der Waals surface area contributed by atoms with Crippen molar-refractivity contribution < 1.29 is 0 Å². The van der Waals surface area contributed by atoms with E-state index in [1.807, 2.05) is 0 Å². The summed E-state index contributed by atoms with van der Waals surface area (Å²) in [4.78, 5) is 5.32. The highest BCUT2D eigenvalue weighted by Crippen LogP contribution is 2.45. The number of nitrogens with zero attached hydrogens (tertiary/aromatic N) is 2. The van der Waals surface area contributed by atoms with Crippen molar-refractivity contribution in [3.8, 4) is 0 Å². The molecule has 2 rings (SSSR count). The van der Waals surface area contributed by atoms with Crippen LogP contribution in [0.2, 0.25) is 0 Å². The first-order valence-corrected chi connectivity index (χ1v) is 7.07. The van der Waals surface area contributed by atoms with Crippen LogP contribution in [-0.2, 0) is 0 Å². The van der Waals surface area contributed by atoms with E-state index in [1.165, 1.54) is 45.4 Å². The van der Waals surface area contributed by atoms with Crippen molar-refractivity contribution >= 4 is 0 Å². The molecule has 2 aliphatic heterocycles. The molecule has 0 bridgehead atoms. The Morgan fingerprint density at radius 3 is 2.12 bits per heavy atom. The Hall–Kier alpha value is -0.0800. The van der Waals surface area contributed by atoms with Crippen molar-refractivity contribution in [2.24, 2.45) is 5.41 Å². The Morgan fingerprint density at radius 1 is 1.12 bits per heavy atom. The summed E-state index contributed by atoms with van der Waals surface area (Å²) >= 11 is 0. The Labute approximate surface area is 101 Å². The summed E-state index contributed by atoms with van der Waals surface area (Å²) in [7, 11) is 0. The van der Waals surface area contributed by atoms with Gasteiger partial charge < -0.3 is 9.80 Å². The zero-order valence-electron chi connectivity index (χ0n) is 11.5. The van der Waals surface area contributed by atoms with Crippen LogP contribution in [-0.4, -0.2) is 48.1 Å². The monoisotopic (exact) mass is 224 g/mol. The summed E-state index contributed by atoms with van der Waals surface area (Å²) < 4.78 is 0. The summed E-state index contributed by atoms with van der Waals surface area (Å²) in [6, 6.07) is 1.54. The second kappa shape index (κ2) is 4.66. The molecule has 2 heterocycles. The van der Waals surface area contributed by atoms with Crippen LogP contribution >= 0.6 is 0 Å². The molecular weight excluding hydrogens is 196 g/mol. The molecule has 2 nitrogen and oxygen atoms in total. The Morgan fingerprint density at radius 2 is 1.69 bits per heavy atom. The molecule has 0 aromatic carbocycles. The van der Waals surface area contributed by atoms with Gasteiger partial charge in [0.05, 0.1) is 0 Å². The number of hydrogen-bond acceptors (Lipinski definition) is 2. The Bertz CT molecular complexity index is 229. The maximum Gasteiger partial charge on any atom is 0.0125 e. The first kappa shape index (κ1) is 12.4. The SMILES string of the molecule is CCN1CCC2(CCN(C(C)C)CC2)[C@@H]1C. The minimum Gasteiger partial charge on any atom is -0.301 e. The van der Waals surface area contributed by atoms with Crippen molar-refractivity contribution in [3.05, 3.63) is 0 Å². The molecule has 0 saturated carbocycles. The highest BCUT2D eigenvalue weighted by Gasteiger charge is 2.45. The molecule has 1 atom stereocenters. The van der Waals surface area contributed by atoms with Crippen LogP contribution in [0.3, 0.4) is 0 Å². The summed E-state index contributed by atoms with van der Waals surface area (Å²) in [6.45, 7) is 14.6. The highest BCUT2D eigenvalue weighted by atomic mass is 15.2. The van der Waals surface area contributed by atoms with E-state index in [4.69, 9.17) is 0 Å². The van der Waals surface area contributed by atoms with Crippen LogP contribution < -0.4 is 0 Å². The van der Waals surface area contributed by atoms with E-state index in [0.717, 1.165) is 12.1 Å². The normalized spacial score (nSPS) is 31.7. The molecule has 2 heteroatoms. The minimum atomic E-state index is 0.654. The predicted octanol–water partition coefficient (Wildman–Crippen LogP) is 2.59. The molecule has 0 amide bonds. The van der Waals surface area contributed by atoms with Gasteiger partial charge in [0.15, 0.2) is 0 Å². The molecule has 94 valence electrons. The standard InChI is InChI=1S/C14H28N2/c1-5-15-9-6-14(13(15)4)7-10-16(11-8-14)12(2)3/h12-13H,5-11H2,1-4H3/t13-/m0/s1. The Balaban J connectivity index is 1.97. The fourth-order valence-corrected chi connectivity index (χ4v) is 3.74. The van der Waals surface area contributed by atoms with Crippen molar-refractivity contribution in [1.82, 2.24) is 9.80 Å².